The van der Waals surface area contributed by atoms with Gasteiger partial charge in [0.1, 0.15) is 5.69 Å². The van der Waals surface area contributed by atoms with E-state index in [0.717, 1.165) is 12.1 Å². The van der Waals surface area contributed by atoms with Crippen LogP contribution in [0.1, 0.15) is 0 Å². The molecule has 3 N–H and O–H groups in total. The summed E-state index contributed by atoms with van der Waals surface area (Å²) in [6.45, 7) is 0. The number of non-ortho nitro benzene ring substituents is 1. The predicted octanol–water partition coefficient (Wildman–Crippen LogP) is -8.24. The minimum absolute atomic E-state index is 0. The smallest absolute Gasteiger partial charge is 0.748 e. The van der Waals surface area contributed by atoms with Gasteiger partial charge in [0, 0.05) is 6.07 Å². The van der Waals surface area contributed by atoms with Crippen LogP contribution in [0.15, 0.2) is 18.2 Å². The Morgan fingerprint density at radius 1 is 1.16 bits per heavy atom. The molecule has 0 fully saturated rings. The van der Waals surface area contributed by atoms with Crippen LogP contribution in [0.3, 0.4) is 0 Å². The largest absolute Gasteiger partial charge is 1.00 e. The number of rotatable bonds is 7. The molecule has 0 aromatic heterocycles. The van der Waals surface area contributed by atoms with Crippen LogP contribution in [-0.2, 0) is 14.9 Å². The van der Waals surface area contributed by atoms with Crippen molar-refractivity contribution in [2.24, 2.45) is 0 Å². The molecule has 0 aliphatic carbocycles. The number of carbonyl (C=O) groups excluding carboxylic acids is 1. The second-order valence-electron chi connectivity index (χ2n) is 3.96. The number of carbonyl (C=O) groups is 1. The molecule has 1 atom stereocenters. The molecule has 128 valence electrons. The van der Waals surface area contributed by atoms with Crippen molar-refractivity contribution in [2.75, 3.05) is 11.1 Å². The van der Waals surface area contributed by atoms with E-state index in [1.165, 1.54) is 0 Å². The first-order valence-electron chi connectivity index (χ1n) is 5.35. The SMILES string of the molecule is O.O=C([O-])[C@H](CS(=O)(=O)[O-])Nc1ccc([N+](=O)[O-])cc1[N+](=O)[O-].[Na+].[Na+]. The van der Waals surface area contributed by atoms with Gasteiger partial charge in [0.05, 0.1) is 43.8 Å². The molecular weight excluding hydrogens is 388 g/mol. The molecule has 0 bridgehead atoms. The van der Waals surface area contributed by atoms with Crippen LogP contribution in [0.5, 0.6) is 0 Å². The number of nitrogens with one attached hydrogen (secondary N) is 1. The number of hydrogen-bond donors (Lipinski definition) is 1. The van der Waals surface area contributed by atoms with Crippen LogP contribution >= 0.6 is 0 Å². The van der Waals surface area contributed by atoms with Gasteiger partial charge in [-0.2, -0.15) is 0 Å². The molecule has 25 heavy (non-hydrogen) atoms. The molecule has 16 heteroatoms. The molecule has 0 unspecified atom stereocenters. The minimum atomic E-state index is -4.95. The summed E-state index contributed by atoms with van der Waals surface area (Å²) < 4.78 is 31.8. The first kappa shape index (κ1) is 28.9. The Morgan fingerprint density at radius 3 is 2.04 bits per heavy atom. The number of nitro benzene ring substituents is 2. The molecule has 0 heterocycles. The van der Waals surface area contributed by atoms with Crippen molar-refractivity contribution < 1.29 is 97.3 Å². The maximum absolute atomic E-state index is 10.8. The zero-order valence-electron chi connectivity index (χ0n) is 13.0. The summed E-state index contributed by atoms with van der Waals surface area (Å²) in [5.74, 6) is -3.39. The van der Waals surface area contributed by atoms with E-state index in [9.17, 15) is 43.1 Å². The Hall–Kier alpha value is -0.840. The Kier molecular flexibility index (Phi) is 13.6. The van der Waals surface area contributed by atoms with E-state index >= 15 is 0 Å². The van der Waals surface area contributed by atoms with Gasteiger partial charge in [-0.05, 0) is 6.07 Å². The topological polar surface area (TPSA) is 227 Å². The van der Waals surface area contributed by atoms with Crippen molar-refractivity contribution in [3.8, 4) is 0 Å². The third kappa shape index (κ3) is 9.43. The van der Waals surface area contributed by atoms with Crippen molar-refractivity contribution in [1.29, 1.82) is 0 Å². The summed E-state index contributed by atoms with van der Waals surface area (Å²) in [7, 11) is -4.95. The molecule has 1 aromatic carbocycles. The van der Waals surface area contributed by atoms with Crippen LogP contribution < -0.4 is 69.5 Å². The van der Waals surface area contributed by atoms with Crippen LogP contribution in [0.25, 0.3) is 0 Å². The summed E-state index contributed by atoms with van der Waals surface area (Å²) >= 11 is 0. The number of hydrogen-bond acceptors (Lipinski definition) is 10. The van der Waals surface area contributed by atoms with E-state index in [0.29, 0.717) is 6.07 Å². The molecule has 0 radical (unpaired) electrons. The normalized spacial score (nSPS) is 10.9. The number of carboxylic acids is 1. The van der Waals surface area contributed by atoms with Crippen LogP contribution in [0.2, 0.25) is 0 Å². The minimum Gasteiger partial charge on any atom is -0.748 e. The molecule has 13 nitrogen and oxygen atoms in total. The van der Waals surface area contributed by atoms with Gasteiger partial charge >= 0.3 is 59.1 Å². The van der Waals surface area contributed by atoms with Crippen molar-refractivity contribution in [3.63, 3.8) is 0 Å². The fourth-order valence-electron chi connectivity index (χ4n) is 1.47. The van der Waals surface area contributed by atoms with Gasteiger partial charge in [0.2, 0.25) is 0 Å². The summed E-state index contributed by atoms with van der Waals surface area (Å²) in [4.78, 5) is 30.2. The number of nitrogens with zero attached hydrogens (tertiary/aromatic N) is 2. The molecule has 0 spiro atoms. The van der Waals surface area contributed by atoms with Gasteiger partial charge in [-0.15, -0.1) is 0 Å². The van der Waals surface area contributed by atoms with Crippen LogP contribution in [0, 0.1) is 20.2 Å². The van der Waals surface area contributed by atoms with E-state index in [2.05, 4.69) is 0 Å². The standard InChI is InChI=1S/C9H9N3O9S.2Na.H2O/c13-9(14)7(4-22(19,20)21)10-6-2-1-5(11(15)16)3-8(6)12(17)18;;;/h1-3,7,10H,4H2,(H,13,14)(H,19,20,21);;;1H2/q;2*+1;/p-2/t7-;;;/m0.../s1. The zero-order chi connectivity index (χ0) is 17.1. The van der Waals surface area contributed by atoms with E-state index < -0.39 is 54.8 Å². The molecule has 1 rings (SSSR count). The summed E-state index contributed by atoms with van der Waals surface area (Å²) in [6, 6.07) is 0.167. The second-order valence-corrected chi connectivity index (χ2v) is 5.40. The van der Waals surface area contributed by atoms with Crippen molar-refractivity contribution in [3.05, 3.63) is 38.4 Å². The van der Waals surface area contributed by atoms with Gasteiger partial charge in [0.25, 0.3) is 11.4 Å². The van der Waals surface area contributed by atoms with Gasteiger partial charge in [0.15, 0.2) is 0 Å². The first-order valence-corrected chi connectivity index (χ1v) is 6.93. The Bertz CT molecular complexity index is 741. The van der Waals surface area contributed by atoms with Gasteiger partial charge in [-0.3, -0.25) is 20.2 Å². The Balaban J connectivity index is -0.00000161. The van der Waals surface area contributed by atoms with E-state index in [1.807, 2.05) is 5.32 Å². The van der Waals surface area contributed by atoms with Gasteiger partial charge < -0.3 is 25.2 Å². The summed E-state index contributed by atoms with van der Waals surface area (Å²) in [5.41, 5.74) is -1.99. The van der Waals surface area contributed by atoms with Crippen LogP contribution in [0.4, 0.5) is 17.1 Å². The number of nitro groups is 2. The molecule has 0 aliphatic heterocycles. The molecule has 0 amide bonds. The zero-order valence-corrected chi connectivity index (χ0v) is 17.8. The number of aliphatic carboxylic acids is 1. The van der Waals surface area contributed by atoms with Crippen molar-refractivity contribution in [2.45, 2.75) is 6.04 Å². The quantitative estimate of drug-likeness (QED) is 0.198. The third-order valence-electron chi connectivity index (χ3n) is 2.37. The molecule has 0 aliphatic rings. The number of anilines is 1. The first-order chi connectivity index (χ1) is 10.0. The molecule has 1 aromatic rings. The van der Waals surface area contributed by atoms with E-state index in [1.54, 1.807) is 0 Å². The Labute approximate surface area is 184 Å². The molecule has 0 saturated carbocycles. The number of carboxylic acid groups (broad SMARTS) is 1. The molecular formula is C9H9N3Na2O10S. The fraction of sp³-hybridized carbons (Fsp3) is 0.222. The maximum Gasteiger partial charge on any atom is 1.00 e. The fourth-order valence-corrected chi connectivity index (χ4v) is 2.09. The number of benzene rings is 1. The van der Waals surface area contributed by atoms with Crippen LogP contribution in [-0.4, -0.2) is 46.1 Å². The predicted molar refractivity (Wildman–Crippen MR) is 70.3 cm³/mol. The van der Waals surface area contributed by atoms with E-state index in [-0.39, 0.29) is 64.6 Å². The average Bonchev–Trinajstić information content (AvgIpc) is 2.36. The van der Waals surface area contributed by atoms with Gasteiger partial charge in [-0.1, -0.05) is 0 Å². The summed E-state index contributed by atoms with van der Waals surface area (Å²) in [5, 5.41) is 34.1. The maximum atomic E-state index is 10.8. The Morgan fingerprint density at radius 2 is 1.68 bits per heavy atom. The van der Waals surface area contributed by atoms with Crippen molar-refractivity contribution >= 4 is 33.1 Å². The van der Waals surface area contributed by atoms with Gasteiger partial charge in [-0.25, -0.2) is 8.42 Å². The third-order valence-corrected chi connectivity index (χ3v) is 3.12. The second kappa shape index (κ2) is 11.7. The average molecular weight is 397 g/mol. The summed E-state index contributed by atoms with van der Waals surface area (Å²) in [6.07, 6.45) is 0. The van der Waals surface area contributed by atoms with Crippen molar-refractivity contribution in [1.82, 2.24) is 0 Å². The monoisotopic (exact) mass is 397 g/mol. The van der Waals surface area contributed by atoms with E-state index in [4.69, 9.17) is 0 Å². The molecule has 0 saturated heterocycles.